The van der Waals surface area contributed by atoms with Crippen molar-refractivity contribution < 1.29 is 29.0 Å². The molecule has 0 saturated carbocycles. The lowest BCUT2D eigenvalue weighted by Gasteiger charge is -2.22. The average Bonchev–Trinajstić information content (AvgIpc) is 3.54. The van der Waals surface area contributed by atoms with Crippen LogP contribution in [0.1, 0.15) is 23.3 Å². The van der Waals surface area contributed by atoms with Gasteiger partial charge in [0.15, 0.2) is 11.7 Å². The number of non-ortho nitro benzene ring substituents is 1. The van der Waals surface area contributed by atoms with Crippen molar-refractivity contribution in [1.29, 1.82) is 0 Å². The van der Waals surface area contributed by atoms with Crippen LogP contribution in [0.15, 0.2) is 54.6 Å². The van der Waals surface area contributed by atoms with Crippen LogP contribution in [0.3, 0.4) is 0 Å². The zero-order valence-electron chi connectivity index (χ0n) is 13.5. The Hall–Kier alpha value is -2.97. The number of benzene rings is 2. The fourth-order valence-electron chi connectivity index (χ4n) is 3.25. The maximum Gasteiger partial charge on any atom is 0.506 e. The number of hydrogen-bond donors (Lipinski definition) is 1. The first-order valence-electron chi connectivity index (χ1n) is 7.99. The fraction of sp³-hybridized carbons (Fsp3) is 0.278. The summed E-state index contributed by atoms with van der Waals surface area (Å²) in [7, 11) is 0. The summed E-state index contributed by atoms with van der Waals surface area (Å²) in [6.45, 7) is 0.288. The van der Waals surface area contributed by atoms with Gasteiger partial charge in [-0.1, -0.05) is 30.3 Å². The van der Waals surface area contributed by atoms with Crippen molar-refractivity contribution in [2.75, 3.05) is 6.61 Å². The van der Waals surface area contributed by atoms with Gasteiger partial charge >= 0.3 is 6.16 Å². The van der Waals surface area contributed by atoms with Gasteiger partial charge in [-0.05, 0) is 23.3 Å². The number of hydrogen-bond acceptors (Lipinski definition) is 6. The van der Waals surface area contributed by atoms with Gasteiger partial charge in [-0.2, -0.15) is 0 Å². The molecule has 2 heterocycles. The predicted octanol–water partition coefficient (Wildman–Crippen LogP) is 3.24. The molecule has 0 amide bonds. The maximum absolute atomic E-state index is 11.2. The van der Waals surface area contributed by atoms with Crippen molar-refractivity contribution in [3.8, 4) is 0 Å². The van der Waals surface area contributed by atoms with Gasteiger partial charge in [-0.3, -0.25) is 10.1 Å². The Bertz CT molecular complexity index is 832. The van der Waals surface area contributed by atoms with Crippen LogP contribution < -0.4 is 0 Å². The van der Waals surface area contributed by atoms with Crippen LogP contribution in [0.4, 0.5) is 10.5 Å². The van der Waals surface area contributed by atoms with Gasteiger partial charge in [0.1, 0.15) is 12.2 Å². The molecule has 0 aromatic heterocycles. The highest BCUT2D eigenvalue weighted by atomic mass is 16.7. The van der Waals surface area contributed by atoms with Gasteiger partial charge < -0.3 is 19.3 Å². The number of nitro benzene ring substituents is 1. The molecule has 1 N–H and O–H groups in total. The molecule has 2 aromatic carbocycles. The van der Waals surface area contributed by atoms with Crippen molar-refractivity contribution in [3.63, 3.8) is 0 Å². The lowest BCUT2D eigenvalue weighted by molar-refractivity contribution is -0.384. The van der Waals surface area contributed by atoms with Crippen molar-refractivity contribution in [1.82, 2.24) is 0 Å². The molecule has 2 unspecified atom stereocenters. The predicted molar refractivity (Wildman–Crippen MR) is 87.7 cm³/mol. The molecule has 8 heteroatoms. The first-order chi connectivity index (χ1) is 12.5. The van der Waals surface area contributed by atoms with E-state index in [1.807, 2.05) is 30.3 Å². The van der Waals surface area contributed by atoms with Gasteiger partial charge in [-0.25, -0.2) is 4.79 Å². The third kappa shape index (κ3) is 2.89. The molecule has 2 aliphatic rings. The lowest BCUT2D eigenvalue weighted by Crippen LogP contribution is -2.32. The first kappa shape index (κ1) is 16.5. The highest BCUT2D eigenvalue weighted by Gasteiger charge is 2.69. The summed E-state index contributed by atoms with van der Waals surface area (Å²) >= 11 is 0. The molecule has 4 rings (SSSR count). The van der Waals surface area contributed by atoms with E-state index in [4.69, 9.17) is 19.3 Å². The normalized spacial score (nSPS) is 27.4. The highest BCUT2D eigenvalue weighted by Crippen LogP contribution is 2.57. The van der Waals surface area contributed by atoms with Crippen LogP contribution in [-0.4, -0.2) is 34.5 Å². The van der Waals surface area contributed by atoms with Gasteiger partial charge in [0.25, 0.3) is 5.69 Å². The molecule has 4 atom stereocenters. The number of ether oxygens (including phenoxy) is 3. The molecule has 0 aliphatic carbocycles. The summed E-state index contributed by atoms with van der Waals surface area (Å²) < 4.78 is 16.5. The topological polar surface area (TPSA) is 115 Å². The Labute approximate surface area is 148 Å². The van der Waals surface area contributed by atoms with Gasteiger partial charge in [0, 0.05) is 12.1 Å². The Balaban J connectivity index is 1.60. The van der Waals surface area contributed by atoms with Crippen molar-refractivity contribution >= 4 is 11.8 Å². The number of carbonyl (C=O) groups is 1. The molecule has 2 aliphatic heterocycles. The standard InChI is InChI=1S/C18H15NO7/c20-17(21)26-15(12-6-8-13(9-7-12)19(22)23)18(10-24-18)16-14(25-16)11-4-2-1-3-5-11/h1-9,14-16H,10H2,(H,20,21)/t14-,15?,16-,18?/m0/s1. The summed E-state index contributed by atoms with van der Waals surface area (Å²) in [4.78, 5) is 21.5. The van der Waals surface area contributed by atoms with Crippen molar-refractivity contribution in [2.45, 2.75) is 23.9 Å². The second-order valence-electron chi connectivity index (χ2n) is 6.24. The molecule has 2 fully saturated rings. The van der Waals surface area contributed by atoms with E-state index < -0.39 is 22.8 Å². The third-order valence-electron chi connectivity index (χ3n) is 4.65. The van der Waals surface area contributed by atoms with E-state index in [2.05, 4.69) is 0 Å². The zero-order chi connectivity index (χ0) is 18.3. The molecule has 0 spiro atoms. The Morgan fingerprint density at radius 2 is 1.88 bits per heavy atom. The minimum absolute atomic E-state index is 0.0848. The minimum Gasteiger partial charge on any atom is -0.450 e. The van der Waals surface area contributed by atoms with Crippen LogP contribution >= 0.6 is 0 Å². The molecule has 2 aromatic rings. The summed E-state index contributed by atoms with van der Waals surface area (Å²) in [6.07, 6.45) is -2.92. The molecular formula is C18H15NO7. The minimum atomic E-state index is -1.44. The zero-order valence-corrected chi connectivity index (χ0v) is 13.5. The molecular weight excluding hydrogens is 342 g/mol. The fourth-order valence-corrected chi connectivity index (χ4v) is 3.25. The monoisotopic (exact) mass is 357 g/mol. The Morgan fingerprint density at radius 1 is 1.23 bits per heavy atom. The maximum atomic E-state index is 11.2. The van der Waals surface area contributed by atoms with Crippen LogP contribution in [-0.2, 0) is 14.2 Å². The Kier molecular flexibility index (Phi) is 3.86. The van der Waals surface area contributed by atoms with E-state index in [0.29, 0.717) is 5.56 Å². The largest absolute Gasteiger partial charge is 0.506 e. The SMILES string of the molecule is O=C(O)OC(c1ccc([N+](=O)[O-])cc1)C1([C@H]2O[C@H]2c2ccccc2)CO1. The third-order valence-corrected chi connectivity index (χ3v) is 4.65. The number of rotatable bonds is 6. The van der Waals surface area contributed by atoms with E-state index in [9.17, 15) is 14.9 Å². The number of nitro groups is 1. The van der Waals surface area contributed by atoms with E-state index in [1.165, 1.54) is 24.3 Å². The van der Waals surface area contributed by atoms with Crippen LogP contribution in [0.2, 0.25) is 0 Å². The average molecular weight is 357 g/mol. The van der Waals surface area contributed by atoms with E-state index >= 15 is 0 Å². The molecule has 2 saturated heterocycles. The second kappa shape index (κ2) is 6.08. The van der Waals surface area contributed by atoms with Gasteiger partial charge in [0.05, 0.1) is 11.5 Å². The molecule has 0 bridgehead atoms. The summed E-state index contributed by atoms with van der Waals surface area (Å²) in [6, 6.07) is 15.1. The van der Waals surface area contributed by atoms with Gasteiger partial charge in [0.2, 0.25) is 0 Å². The number of nitrogens with zero attached hydrogens (tertiary/aromatic N) is 1. The quantitative estimate of drug-likeness (QED) is 0.365. The summed E-state index contributed by atoms with van der Waals surface area (Å²) in [5.74, 6) is 0. The highest BCUT2D eigenvalue weighted by molar-refractivity contribution is 5.58. The molecule has 26 heavy (non-hydrogen) atoms. The first-order valence-corrected chi connectivity index (χ1v) is 7.99. The molecule has 134 valence electrons. The number of epoxide rings is 2. The smallest absolute Gasteiger partial charge is 0.450 e. The molecule has 0 radical (unpaired) electrons. The molecule has 8 nitrogen and oxygen atoms in total. The van der Waals surface area contributed by atoms with Crippen LogP contribution in [0.5, 0.6) is 0 Å². The van der Waals surface area contributed by atoms with Crippen LogP contribution in [0.25, 0.3) is 0 Å². The van der Waals surface area contributed by atoms with E-state index in [1.54, 1.807) is 0 Å². The van der Waals surface area contributed by atoms with Gasteiger partial charge in [-0.15, -0.1) is 0 Å². The lowest BCUT2D eigenvalue weighted by atomic mass is 9.90. The summed E-state index contributed by atoms with van der Waals surface area (Å²) in [5, 5.41) is 20.0. The second-order valence-corrected chi connectivity index (χ2v) is 6.24. The van der Waals surface area contributed by atoms with Crippen LogP contribution in [0, 0.1) is 10.1 Å². The summed E-state index contributed by atoms with van der Waals surface area (Å²) in [5.41, 5.74) is 0.455. The number of carboxylic acid groups (broad SMARTS) is 1. The van der Waals surface area contributed by atoms with Crippen molar-refractivity contribution in [3.05, 3.63) is 75.8 Å². The van der Waals surface area contributed by atoms with E-state index in [-0.39, 0.29) is 24.5 Å². The van der Waals surface area contributed by atoms with E-state index in [0.717, 1.165) is 5.56 Å². The van der Waals surface area contributed by atoms with Crippen molar-refractivity contribution in [2.24, 2.45) is 0 Å². The Morgan fingerprint density at radius 3 is 2.42 bits per heavy atom.